The van der Waals surface area contributed by atoms with Crippen LogP contribution < -0.4 is 0 Å². The maximum atomic E-state index is 12.0. The second-order valence-corrected chi connectivity index (χ2v) is 4.98. The molecule has 0 radical (unpaired) electrons. The van der Waals surface area contributed by atoms with E-state index in [2.05, 4.69) is 0 Å². The highest BCUT2D eigenvalue weighted by Gasteiger charge is 2.15. The van der Waals surface area contributed by atoms with Gasteiger partial charge in [0.05, 0.1) is 4.88 Å². The van der Waals surface area contributed by atoms with Crippen LogP contribution in [0.5, 0.6) is 0 Å². The lowest BCUT2D eigenvalue weighted by molar-refractivity contribution is 0.101. The highest BCUT2D eigenvalue weighted by atomic mass is 35.5. The Bertz CT molecular complexity index is 683. The number of hydrogen-bond donors (Lipinski definition) is 0. The van der Waals surface area contributed by atoms with Crippen molar-refractivity contribution in [2.45, 2.75) is 0 Å². The highest BCUT2D eigenvalue weighted by molar-refractivity contribution is 7.12. The molecule has 0 saturated carbocycles. The molecule has 84 valence electrons. The fourth-order valence-electron chi connectivity index (χ4n) is 1.66. The van der Waals surface area contributed by atoms with Gasteiger partial charge in [0.15, 0.2) is 5.76 Å². The van der Waals surface area contributed by atoms with Gasteiger partial charge in [0, 0.05) is 10.4 Å². The minimum atomic E-state index is -0.0904. The molecule has 1 aromatic carbocycles. The number of carbonyl (C=O) groups excluding carboxylic acids is 1. The van der Waals surface area contributed by atoms with Crippen molar-refractivity contribution >= 4 is 39.7 Å². The molecule has 0 spiro atoms. The number of hydrogen-bond acceptors (Lipinski definition) is 3. The minimum absolute atomic E-state index is 0.0904. The van der Waals surface area contributed by atoms with Gasteiger partial charge in [-0.2, -0.15) is 0 Å². The van der Waals surface area contributed by atoms with Crippen molar-refractivity contribution in [2.24, 2.45) is 0 Å². The second kappa shape index (κ2) is 4.02. The predicted molar refractivity (Wildman–Crippen MR) is 69.0 cm³/mol. The van der Waals surface area contributed by atoms with Crippen LogP contribution in [-0.4, -0.2) is 5.78 Å². The second-order valence-electron chi connectivity index (χ2n) is 3.60. The summed E-state index contributed by atoms with van der Waals surface area (Å²) in [4.78, 5) is 12.7. The van der Waals surface area contributed by atoms with E-state index < -0.39 is 0 Å². The molecule has 0 saturated heterocycles. The summed E-state index contributed by atoms with van der Waals surface area (Å²) in [6.07, 6.45) is 0. The van der Waals surface area contributed by atoms with E-state index in [0.717, 1.165) is 5.39 Å². The largest absolute Gasteiger partial charge is 0.453 e. The van der Waals surface area contributed by atoms with Gasteiger partial charge in [0.25, 0.3) is 0 Å². The molecule has 0 aliphatic carbocycles. The summed E-state index contributed by atoms with van der Waals surface area (Å²) < 4.78 is 5.51. The summed E-state index contributed by atoms with van der Waals surface area (Å²) in [6.45, 7) is 0. The van der Waals surface area contributed by atoms with Gasteiger partial charge in [-0.3, -0.25) is 4.79 Å². The van der Waals surface area contributed by atoms with E-state index in [1.807, 2.05) is 11.4 Å². The fourth-order valence-corrected chi connectivity index (χ4v) is 2.50. The van der Waals surface area contributed by atoms with Gasteiger partial charge in [-0.25, -0.2) is 0 Å². The maximum absolute atomic E-state index is 12.0. The van der Waals surface area contributed by atoms with Crippen LogP contribution in [0.3, 0.4) is 0 Å². The van der Waals surface area contributed by atoms with Gasteiger partial charge >= 0.3 is 0 Å². The zero-order valence-corrected chi connectivity index (χ0v) is 10.2. The van der Waals surface area contributed by atoms with Gasteiger partial charge in [0.2, 0.25) is 5.78 Å². The first-order chi connectivity index (χ1) is 8.24. The summed E-state index contributed by atoms with van der Waals surface area (Å²) >= 11 is 7.29. The average Bonchev–Trinajstić information content (AvgIpc) is 2.96. The Kier molecular flexibility index (Phi) is 2.50. The quantitative estimate of drug-likeness (QED) is 0.642. The fraction of sp³-hybridized carbons (Fsp3) is 0. The van der Waals surface area contributed by atoms with Crippen molar-refractivity contribution in [2.75, 3.05) is 0 Å². The van der Waals surface area contributed by atoms with Crippen LogP contribution in [0.4, 0.5) is 0 Å². The van der Waals surface area contributed by atoms with Gasteiger partial charge in [0.1, 0.15) is 5.58 Å². The van der Waals surface area contributed by atoms with Gasteiger partial charge in [-0.05, 0) is 35.7 Å². The first-order valence-electron chi connectivity index (χ1n) is 5.01. The Morgan fingerprint density at radius 1 is 1.24 bits per heavy atom. The smallest absolute Gasteiger partial charge is 0.238 e. The number of furan rings is 1. The zero-order valence-electron chi connectivity index (χ0n) is 8.64. The first kappa shape index (κ1) is 10.6. The SMILES string of the molecule is O=C(c1cc2cc(Cl)ccc2o1)c1cccs1. The molecule has 0 fully saturated rings. The Labute approximate surface area is 106 Å². The van der Waals surface area contributed by atoms with Gasteiger partial charge in [-0.1, -0.05) is 17.7 Å². The summed E-state index contributed by atoms with van der Waals surface area (Å²) in [5.74, 6) is 0.261. The Morgan fingerprint density at radius 3 is 2.88 bits per heavy atom. The van der Waals surface area contributed by atoms with Crippen molar-refractivity contribution in [3.05, 3.63) is 57.4 Å². The number of rotatable bonds is 2. The van der Waals surface area contributed by atoms with Crippen molar-refractivity contribution in [3.63, 3.8) is 0 Å². The van der Waals surface area contributed by atoms with Crippen LogP contribution in [-0.2, 0) is 0 Å². The molecule has 2 nitrogen and oxygen atoms in total. The number of carbonyl (C=O) groups is 1. The molecule has 0 aliphatic rings. The standard InChI is InChI=1S/C13H7ClO2S/c14-9-3-4-10-8(6-9)7-11(16-10)13(15)12-2-1-5-17-12/h1-7H. The molecule has 2 heterocycles. The number of halogens is 1. The third-order valence-electron chi connectivity index (χ3n) is 2.45. The van der Waals surface area contributed by atoms with Crippen molar-refractivity contribution in [1.82, 2.24) is 0 Å². The molecule has 0 amide bonds. The van der Waals surface area contributed by atoms with E-state index in [4.69, 9.17) is 16.0 Å². The minimum Gasteiger partial charge on any atom is -0.453 e. The number of thiophene rings is 1. The lowest BCUT2D eigenvalue weighted by atomic mass is 10.2. The molecule has 0 atom stereocenters. The first-order valence-corrected chi connectivity index (χ1v) is 6.27. The number of fused-ring (bicyclic) bond motifs is 1. The van der Waals surface area contributed by atoms with Crippen molar-refractivity contribution in [1.29, 1.82) is 0 Å². The molecule has 0 aliphatic heterocycles. The number of benzene rings is 1. The lowest BCUT2D eigenvalue weighted by Gasteiger charge is -1.90. The van der Waals surface area contributed by atoms with Crippen LogP contribution >= 0.6 is 22.9 Å². The van der Waals surface area contributed by atoms with Gasteiger partial charge in [-0.15, -0.1) is 11.3 Å². The third-order valence-corrected chi connectivity index (χ3v) is 3.55. The van der Waals surface area contributed by atoms with E-state index in [9.17, 15) is 4.79 Å². The molecule has 3 aromatic rings. The number of ketones is 1. The van der Waals surface area contributed by atoms with Crippen LogP contribution in [0.1, 0.15) is 15.4 Å². The van der Waals surface area contributed by atoms with Gasteiger partial charge < -0.3 is 4.42 Å². The average molecular weight is 263 g/mol. The monoisotopic (exact) mass is 262 g/mol. The van der Waals surface area contributed by atoms with Crippen molar-refractivity contribution in [3.8, 4) is 0 Å². The Hall–Kier alpha value is -1.58. The summed E-state index contributed by atoms with van der Waals surface area (Å²) in [5.41, 5.74) is 0.675. The molecule has 17 heavy (non-hydrogen) atoms. The van der Waals surface area contributed by atoms with Crippen LogP contribution in [0, 0.1) is 0 Å². The summed E-state index contributed by atoms with van der Waals surface area (Å²) in [5, 5.41) is 3.35. The molecule has 0 bridgehead atoms. The molecule has 2 aromatic heterocycles. The Balaban J connectivity index is 2.09. The molecule has 0 unspecified atom stereocenters. The van der Waals surface area contributed by atoms with Crippen LogP contribution in [0.25, 0.3) is 11.0 Å². The Morgan fingerprint density at radius 2 is 2.12 bits per heavy atom. The van der Waals surface area contributed by atoms with E-state index in [0.29, 0.717) is 21.2 Å². The van der Waals surface area contributed by atoms with Crippen LogP contribution in [0.15, 0.2) is 46.2 Å². The van der Waals surface area contributed by atoms with Crippen LogP contribution in [0.2, 0.25) is 5.02 Å². The molecular formula is C13H7ClO2S. The zero-order chi connectivity index (χ0) is 11.8. The van der Waals surface area contributed by atoms with E-state index in [1.165, 1.54) is 11.3 Å². The highest BCUT2D eigenvalue weighted by Crippen LogP contribution is 2.25. The lowest BCUT2D eigenvalue weighted by Crippen LogP contribution is -1.95. The van der Waals surface area contributed by atoms with E-state index in [1.54, 1.807) is 30.3 Å². The molecule has 3 rings (SSSR count). The van der Waals surface area contributed by atoms with E-state index in [-0.39, 0.29) is 5.78 Å². The molecular weight excluding hydrogens is 256 g/mol. The summed E-state index contributed by atoms with van der Waals surface area (Å²) in [7, 11) is 0. The third kappa shape index (κ3) is 1.88. The topological polar surface area (TPSA) is 30.2 Å². The van der Waals surface area contributed by atoms with Crippen molar-refractivity contribution < 1.29 is 9.21 Å². The van der Waals surface area contributed by atoms with E-state index >= 15 is 0 Å². The maximum Gasteiger partial charge on any atom is 0.238 e. The molecule has 0 N–H and O–H groups in total. The predicted octanol–water partition coefficient (Wildman–Crippen LogP) is 4.38. The molecule has 4 heteroatoms. The normalized spacial score (nSPS) is 10.9. The summed E-state index contributed by atoms with van der Waals surface area (Å²) in [6, 6.07) is 10.6.